The van der Waals surface area contributed by atoms with Crippen LogP contribution in [0.25, 0.3) is 33.4 Å². The van der Waals surface area contributed by atoms with Crippen molar-refractivity contribution in [3.8, 4) is 33.4 Å². The molecule has 242 valence electrons. The first-order chi connectivity index (χ1) is 23.5. The highest BCUT2D eigenvalue weighted by molar-refractivity contribution is 5.90. The predicted molar refractivity (Wildman–Crippen MR) is 210 cm³/mol. The van der Waals surface area contributed by atoms with Gasteiger partial charge in [-0.1, -0.05) is 139 Å². The highest BCUT2D eigenvalue weighted by Crippen LogP contribution is 2.54. The Morgan fingerprint density at radius 2 is 0.633 bits per heavy atom. The summed E-state index contributed by atoms with van der Waals surface area (Å²) in [6.07, 6.45) is 1.75. The minimum absolute atomic E-state index is 0.0727. The summed E-state index contributed by atoms with van der Waals surface area (Å²) in [6.45, 7) is 19.5. The second-order valence-corrected chi connectivity index (χ2v) is 15.4. The molecule has 49 heavy (non-hydrogen) atoms. The average molecular weight is 636 g/mol. The summed E-state index contributed by atoms with van der Waals surface area (Å²) in [6, 6.07) is 48.2. The third kappa shape index (κ3) is 4.45. The zero-order valence-corrected chi connectivity index (χ0v) is 29.9. The molecule has 0 unspecified atom stereocenters. The van der Waals surface area contributed by atoms with E-state index in [1.54, 1.807) is 6.08 Å². The summed E-state index contributed by atoms with van der Waals surface area (Å²) in [5.74, 6) is 0. The largest absolute Gasteiger partial charge is 0.310 e. The molecule has 0 bridgehead atoms. The molecule has 6 aromatic carbocycles. The summed E-state index contributed by atoms with van der Waals surface area (Å²) in [5, 5.41) is 0. The van der Waals surface area contributed by atoms with Gasteiger partial charge in [-0.15, -0.1) is 6.58 Å². The lowest BCUT2D eigenvalue weighted by Crippen LogP contribution is -2.19. The Labute approximate surface area is 292 Å². The van der Waals surface area contributed by atoms with E-state index in [-0.39, 0.29) is 16.2 Å². The molecule has 0 spiro atoms. The van der Waals surface area contributed by atoms with Gasteiger partial charge < -0.3 is 4.90 Å². The Bertz CT molecular complexity index is 2040. The molecule has 9 rings (SSSR count). The van der Waals surface area contributed by atoms with E-state index in [0.29, 0.717) is 0 Å². The number of fused-ring (bicyclic) bond motifs is 9. The van der Waals surface area contributed by atoms with E-state index in [4.69, 9.17) is 0 Å². The van der Waals surface area contributed by atoms with Crippen molar-refractivity contribution in [3.05, 3.63) is 173 Å². The number of anilines is 3. The lowest BCUT2D eigenvalue weighted by Gasteiger charge is -2.31. The highest BCUT2D eigenvalue weighted by atomic mass is 15.1. The summed E-state index contributed by atoms with van der Waals surface area (Å²) in [5.41, 5.74) is 19.9. The van der Waals surface area contributed by atoms with Crippen LogP contribution in [0.4, 0.5) is 17.1 Å². The number of allylic oxidation sites excluding steroid dienone is 1. The Morgan fingerprint density at radius 3 is 0.918 bits per heavy atom. The van der Waals surface area contributed by atoms with Gasteiger partial charge in [0.05, 0.1) is 0 Å². The smallest absolute Gasteiger partial charge is 0.0465 e. The van der Waals surface area contributed by atoms with Gasteiger partial charge in [0.15, 0.2) is 0 Å². The van der Waals surface area contributed by atoms with Crippen LogP contribution in [-0.4, -0.2) is 0 Å². The zero-order chi connectivity index (χ0) is 34.3. The van der Waals surface area contributed by atoms with Crippen molar-refractivity contribution < 1.29 is 0 Å². The van der Waals surface area contributed by atoms with Crippen LogP contribution in [0.2, 0.25) is 0 Å². The first-order valence-electron chi connectivity index (χ1n) is 17.6. The minimum atomic E-state index is -0.0727. The van der Waals surface area contributed by atoms with Gasteiger partial charge in [0.2, 0.25) is 0 Å². The number of hydrogen-bond acceptors (Lipinski definition) is 1. The first-order valence-corrected chi connectivity index (χ1v) is 17.6. The van der Waals surface area contributed by atoms with Crippen molar-refractivity contribution in [2.75, 3.05) is 4.90 Å². The van der Waals surface area contributed by atoms with Crippen LogP contribution in [0.5, 0.6) is 0 Å². The zero-order valence-electron chi connectivity index (χ0n) is 29.9. The average Bonchev–Trinajstić information content (AvgIpc) is 3.58. The van der Waals surface area contributed by atoms with Crippen LogP contribution in [-0.2, 0) is 16.2 Å². The van der Waals surface area contributed by atoms with Crippen LogP contribution in [0.3, 0.4) is 0 Å². The van der Waals surface area contributed by atoms with Crippen molar-refractivity contribution in [1.29, 1.82) is 0 Å². The Hall–Kier alpha value is -5.14. The van der Waals surface area contributed by atoms with Crippen molar-refractivity contribution in [1.82, 2.24) is 0 Å². The molecular formula is C48H45N. The van der Waals surface area contributed by atoms with Gasteiger partial charge in [0.1, 0.15) is 0 Å². The number of benzene rings is 6. The third-order valence-corrected chi connectivity index (χ3v) is 11.5. The van der Waals surface area contributed by atoms with E-state index in [9.17, 15) is 0 Å². The van der Waals surface area contributed by atoms with Crippen molar-refractivity contribution in [3.63, 3.8) is 0 Å². The molecule has 0 saturated carbocycles. The fourth-order valence-electron chi connectivity index (χ4n) is 8.94. The predicted octanol–water partition coefficient (Wildman–Crippen LogP) is 13.3. The third-order valence-electron chi connectivity index (χ3n) is 11.5. The van der Waals surface area contributed by atoms with Crippen molar-refractivity contribution >= 4 is 17.1 Å². The van der Waals surface area contributed by atoms with E-state index in [1.807, 2.05) is 6.92 Å². The van der Waals surface area contributed by atoms with Gasteiger partial charge in [-0.25, -0.2) is 0 Å². The van der Waals surface area contributed by atoms with E-state index in [0.717, 1.165) is 0 Å². The number of hydrogen-bond donors (Lipinski definition) is 0. The normalized spacial score (nSPS) is 15.8. The van der Waals surface area contributed by atoms with Gasteiger partial charge in [-0.05, 0) is 110 Å². The molecule has 6 aromatic rings. The van der Waals surface area contributed by atoms with Gasteiger partial charge >= 0.3 is 0 Å². The summed E-state index contributed by atoms with van der Waals surface area (Å²) < 4.78 is 0. The maximum absolute atomic E-state index is 3.36. The maximum atomic E-state index is 3.36. The first kappa shape index (κ1) is 31.1. The second kappa shape index (κ2) is 10.9. The van der Waals surface area contributed by atoms with E-state index < -0.39 is 0 Å². The molecule has 0 radical (unpaired) electrons. The molecule has 0 atom stereocenters. The van der Waals surface area contributed by atoms with Crippen LogP contribution >= 0.6 is 0 Å². The lowest BCUT2D eigenvalue weighted by atomic mass is 9.81. The standard InChI is InChI=1S/C45H39N.C3H6/c1-43(2)37-16-10-7-13-31(37)34-22-19-28(25-40(34)43)46(29-20-23-35-32-14-8-11-17-38(32)44(3,4)41(35)26-29)30-21-24-36-33-15-9-12-18-39(33)45(5,6)42(36)27-30;1-3-2/h7-27H,1-6H3;3H,1H2,2H3. The molecule has 0 fully saturated rings. The van der Waals surface area contributed by atoms with Crippen LogP contribution < -0.4 is 4.90 Å². The monoisotopic (exact) mass is 635 g/mol. The molecule has 0 N–H and O–H groups in total. The molecule has 0 saturated heterocycles. The Kier molecular flexibility index (Phi) is 6.95. The molecular weight excluding hydrogens is 591 g/mol. The van der Waals surface area contributed by atoms with E-state index >= 15 is 0 Å². The molecule has 1 nitrogen and oxygen atoms in total. The van der Waals surface area contributed by atoms with E-state index in [2.05, 4.69) is 180 Å². The molecule has 0 aromatic heterocycles. The Morgan fingerprint density at radius 1 is 0.388 bits per heavy atom. The second-order valence-electron chi connectivity index (χ2n) is 15.4. The molecule has 1 heteroatoms. The summed E-state index contributed by atoms with van der Waals surface area (Å²) >= 11 is 0. The number of rotatable bonds is 3. The lowest BCUT2D eigenvalue weighted by molar-refractivity contribution is 0.659. The van der Waals surface area contributed by atoms with Gasteiger partial charge in [0.25, 0.3) is 0 Å². The summed E-state index contributed by atoms with van der Waals surface area (Å²) in [7, 11) is 0. The SMILES string of the molecule is C=CC.CC1(C)c2ccccc2-c2ccc(N(c3ccc4c(c3)C(C)(C)c3ccccc3-4)c3ccc4c(c3)C(C)(C)c3ccccc3-4)cc21. The number of nitrogens with zero attached hydrogens (tertiary/aromatic N) is 1. The highest BCUT2D eigenvalue weighted by Gasteiger charge is 2.39. The molecule has 3 aliphatic rings. The summed E-state index contributed by atoms with van der Waals surface area (Å²) in [4.78, 5) is 2.50. The quantitative estimate of drug-likeness (QED) is 0.175. The maximum Gasteiger partial charge on any atom is 0.0465 e. The Balaban J connectivity index is 0.00000112. The van der Waals surface area contributed by atoms with Crippen LogP contribution in [0.15, 0.2) is 140 Å². The fraction of sp³-hybridized carbons (Fsp3) is 0.208. The van der Waals surface area contributed by atoms with Gasteiger partial charge in [-0.2, -0.15) is 0 Å². The minimum Gasteiger partial charge on any atom is -0.310 e. The van der Waals surface area contributed by atoms with Gasteiger partial charge in [0, 0.05) is 33.3 Å². The van der Waals surface area contributed by atoms with E-state index in [1.165, 1.54) is 83.8 Å². The molecule has 0 heterocycles. The molecule has 0 aliphatic heterocycles. The molecule has 3 aliphatic carbocycles. The van der Waals surface area contributed by atoms with Crippen LogP contribution in [0.1, 0.15) is 81.8 Å². The topological polar surface area (TPSA) is 3.24 Å². The fourth-order valence-corrected chi connectivity index (χ4v) is 8.94. The van der Waals surface area contributed by atoms with Crippen molar-refractivity contribution in [2.24, 2.45) is 0 Å². The van der Waals surface area contributed by atoms with Crippen LogP contribution in [0, 0.1) is 0 Å². The van der Waals surface area contributed by atoms with Gasteiger partial charge in [-0.3, -0.25) is 0 Å². The van der Waals surface area contributed by atoms with Crippen molar-refractivity contribution in [2.45, 2.75) is 64.7 Å². The molecule has 0 amide bonds.